The second kappa shape index (κ2) is 30.2. The van der Waals surface area contributed by atoms with Crippen molar-refractivity contribution in [3.63, 3.8) is 0 Å². The highest BCUT2D eigenvalue weighted by Gasteiger charge is 2.31. The van der Waals surface area contributed by atoms with Crippen molar-refractivity contribution in [1.82, 2.24) is 10.0 Å². The van der Waals surface area contributed by atoms with Crippen molar-refractivity contribution in [1.29, 1.82) is 0 Å². The second-order valence-corrected chi connectivity index (χ2v) is 18.4. The van der Waals surface area contributed by atoms with Gasteiger partial charge in [-0.15, -0.1) is 0 Å². The SMILES string of the molecule is NCCCCCCCCCOc1c(CCCCCCN)cc(NC(=O)c2cc(CCC(=O)NO)c(CCC(N)(c3ccccc3)c3ccccc3)n2Cc2ccccc2)cc1CCCCCCN. The van der Waals surface area contributed by atoms with Gasteiger partial charge in [0, 0.05) is 24.3 Å². The number of aryl methyl sites for hydroxylation is 3. The number of nitrogens with two attached hydrogens (primary N) is 4. The zero-order chi connectivity index (χ0) is 48.2. The highest BCUT2D eigenvalue weighted by molar-refractivity contribution is 6.03. The number of nitrogens with one attached hydrogen (secondary N) is 2. The molecule has 68 heavy (non-hydrogen) atoms. The predicted molar refractivity (Wildman–Crippen MR) is 278 cm³/mol. The van der Waals surface area contributed by atoms with Crippen LogP contribution in [0.2, 0.25) is 0 Å². The zero-order valence-electron chi connectivity index (χ0n) is 40.7. The molecule has 0 saturated heterocycles. The third-order valence-corrected chi connectivity index (χ3v) is 13.2. The van der Waals surface area contributed by atoms with Gasteiger partial charge in [0.1, 0.15) is 11.4 Å². The number of hydrogen-bond donors (Lipinski definition) is 7. The maximum absolute atomic E-state index is 15.0. The molecule has 11 heteroatoms. The van der Waals surface area contributed by atoms with E-state index < -0.39 is 11.4 Å². The molecule has 4 aromatic carbocycles. The molecule has 0 aliphatic heterocycles. The molecule has 0 aliphatic carbocycles. The van der Waals surface area contributed by atoms with Crippen LogP contribution >= 0.6 is 0 Å². The fraction of sp³-hybridized carbons (Fsp3) is 0.474. The van der Waals surface area contributed by atoms with Gasteiger partial charge in [-0.3, -0.25) is 14.8 Å². The van der Waals surface area contributed by atoms with Crippen LogP contribution in [0.15, 0.2) is 109 Å². The normalized spacial score (nSPS) is 11.5. The molecule has 5 rings (SSSR count). The van der Waals surface area contributed by atoms with E-state index in [1.165, 1.54) is 25.7 Å². The van der Waals surface area contributed by atoms with E-state index in [0.29, 0.717) is 51.2 Å². The number of carbonyl (C=O) groups is 2. The molecule has 0 fully saturated rings. The number of hydrogen-bond acceptors (Lipinski definition) is 8. The lowest BCUT2D eigenvalue weighted by molar-refractivity contribution is -0.129. The van der Waals surface area contributed by atoms with Gasteiger partial charge in [-0.2, -0.15) is 0 Å². The van der Waals surface area contributed by atoms with Crippen molar-refractivity contribution in [2.24, 2.45) is 22.9 Å². The summed E-state index contributed by atoms with van der Waals surface area (Å²) in [4.78, 5) is 27.6. The first-order chi connectivity index (χ1) is 33.3. The summed E-state index contributed by atoms with van der Waals surface area (Å²) in [6.45, 7) is 3.23. The van der Waals surface area contributed by atoms with Gasteiger partial charge in [-0.1, -0.05) is 149 Å². The quantitative estimate of drug-likeness (QED) is 0.0120. The lowest BCUT2D eigenvalue weighted by Crippen LogP contribution is -2.38. The van der Waals surface area contributed by atoms with Crippen LogP contribution in [0.4, 0.5) is 5.69 Å². The molecule has 1 heterocycles. The Kier molecular flexibility index (Phi) is 23.9. The summed E-state index contributed by atoms with van der Waals surface area (Å²) in [7, 11) is 0. The van der Waals surface area contributed by atoms with Gasteiger partial charge in [-0.25, -0.2) is 5.48 Å². The van der Waals surface area contributed by atoms with Gasteiger partial charge >= 0.3 is 0 Å². The number of benzene rings is 4. The van der Waals surface area contributed by atoms with Gasteiger partial charge in [0.25, 0.3) is 5.91 Å². The number of aromatic nitrogens is 1. The smallest absolute Gasteiger partial charge is 0.272 e. The maximum atomic E-state index is 15.0. The summed E-state index contributed by atoms with van der Waals surface area (Å²) < 4.78 is 8.86. The Morgan fingerprint density at radius 1 is 0.574 bits per heavy atom. The molecule has 11 nitrogen and oxygen atoms in total. The fourth-order valence-corrected chi connectivity index (χ4v) is 9.35. The van der Waals surface area contributed by atoms with Crippen LogP contribution in [0, 0.1) is 0 Å². The van der Waals surface area contributed by atoms with Crippen molar-refractivity contribution in [2.45, 2.75) is 147 Å². The first-order valence-corrected chi connectivity index (χ1v) is 25.6. The molecule has 0 radical (unpaired) electrons. The first kappa shape index (κ1) is 53.7. The minimum absolute atomic E-state index is 0.0462. The average molecular weight is 928 g/mol. The molecule has 0 saturated carbocycles. The Morgan fingerprint density at radius 2 is 1.06 bits per heavy atom. The first-order valence-electron chi connectivity index (χ1n) is 25.6. The number of amides is 2. The number of hydroxylamine groups is 1. The lowest BCUT2D eigenvalue weighted by Gasteiger charge is -2.31. The molecule has 5 aromatic rings. The highest BCUT2D eigenvalue weighted by Crippen LogP contribution is 2.35. The van der Waals surface area contributed by atoms with E-state index in [1.54, 1.807) is 5.48 Å². The molecule has 0 spiro atoms. The van der Waals surface area contributed by atoms with Crippen LogP contribution in [0.25, 0.3) is 0 Å². The number of ether oxygens (including phenoxy) is 1. The Balaban J connectivity index is 1.52. The van der Waals surface area contributed by atoms with E-state index in [-0.39, 0.29) is 12.3 Å². The van der Waals surface area contributed by atoms with Crippen molar-refractivity contribution in [3.05, 3.63) is 154 Å². The van der Waals surface area contributed by atoms with Crippen molar-refractivity contribution in [2.75, 3.05) is 31.6 Å². The molecule has 0 atom stereocenters. The molecular weight excluding hydrogens is 847 g/mol. The second-order valence-electron chi connectivity index (χ2n) is 18.4. The Morgan fingerprint density at radius 3 is 1.57 bits per heavy atom. The average Bonchev–Trinajstić information content (AvgIpc) is 3.71. The van der Waals surface area contributed by atoms with Crippen molar-refractivity contribution < 1.29 is 19.5 Å². The van der Waals surface area contributed by atoms with Crippen LogP contribution < -0.4 is 38.5 Å². The Labute approximate surface area is 406 Å². The van der Waals surface area contributed by atoms with E-state index in [1.807, 2.05) is 60.7 Å². The third kappa shape index (κ3) is 17.0. The summed E-state index contributed by atoms with van der Waals surface area (Å²) in [6.07, 6.45) is 19.4. The molecule has 1 aromatic heterocycles. The molecule has 2 amide bonds. The number of carbonyl (C=O) groups excluding carboxylic acids is 2. The molecule has 0 bridgehead atoms. The van der Waals surface area contributed by atoms with Crippen LogP contribution in [0.5, 0.6) is 5.75 Å². The summed E-state index contributed by atoms with van der Waals surface area (Å²) in [6, 6.07) is 36.5. The number of nitrogens with zero attached hydrogens (tertiary/aromatic N) is 1. The summed E-state index contributed by atoms with van der Waals surface area (Å²) in [5.41, 5.74) is 34.1. The number of rotatable bonds is 34. The molecule has 368 valence electrons. The van der Waals surface area contributed by atoms with Crippen molar-refractivity contribution >= 4 is 17.5 Å². The van der Waals surface area contributed by atoms with Gasteiger partial charge < -0.3 is 37.6 Å². The standard InChI is InChI=1S/C57H81N7O4/c58-37-21-6-2-1-3-9-24-40-68-55-47(27-15-4-7-22-38-59)41-51(42-48(55)28-16-5-8-23-39-60)62-56(66)53-43-46(33-34-54(65)63-67)52(64(53)44-45-25-13-10-14-26-45)35-36-57(61,49-29-17-11-18-30-49)50-31-19-12-20-32-50/h10-14,17-20,25-26,29-32,41-43,67H,1-9,15-16,21-24,27-28,33-40,44,58-61H2,(H,62,66)(H,63,65). The largest absolute Gasteiger partial charge is 0.493 e. The van der Waals surface area contributed by atoms with E-state index in [2.05, 4.69) is 58.4 Å². The summed E-state index contributed by atoms with van der Waals surface area (Å²) in [5, 5.41) is 12.9. The molecule has 11 N–H and O–H groups in total. The van der Waals surface area contributed by atoms with Gasteiger partial charge in [0.15, 0.2) is 0 Å². The number of anilines is 1. The van der Waals surface area contributed by atoms with E-state index in [0.717, 1.165) is 141 Å². The van der Waals surface area contributed by atoms with Crippen molar-refractivity contribution in [3.8, 4) is 5.75 Å². The van der Waals surface area contributed by atoms with Gasteiger partial charge in [-0.05, 0) is 142 Å². The lowest BCUT2D eigenvalue weighted by atomic mass is 9.79. The van der Waals surface area contributed by atoms with Crippen LogP contribution in [-0.4, -0.2) is 47.8 Å². The third-order valence-electron chi connectivity index (χ3n) is 13.2. The van der Waals surface area contributed by atoms with Gasteiger partial charge in [0.05, 0.1) is 12.1 Å². The van der Waals surface area contributed by atoms with E-state index in [4.69, 9.17) is 27.7 Å². The zero-order valence-corrected chi connectivity index (χ0v) is 40.7. The summed E-state index contributed by atoms with van der Waals surface area (Å²) in [5.74, 6) is 0.226. The molecule has 0 aliphatic rings. The highest BCUT2D eigenvalue weighted by atomic mass is 16.5. The number of unbranched alkanes of at least 4 members (excludes halogenated alkanes) is 12. The minimum Gasteiger partial charge on any atom is -0.493 e. The Bertz CT molecular complexity index is 2120. The van der Waals surface area contributed by atoms with Crippen LogP contribution in [-0.2, 0) is 42.6 Å². The van der Waals surface area contributed by atoms with Gasteiger partial charge in [0.2, 0.25) is 5.91 Å². The fourth-order valence-electron chi connectivity index (χ4n) is 9.35. The summed E-state index contributed by atoms with van der Waals surface area (Å²) >= 11 is 0. The van der Waals surface area contributed by atoms with Crippen LogP contribution in [0.1, 0.15) is 159 Å². The van der Waals surface area contributed by atoms with Crippen LogP contribution in [0.3, 0.4) is 0 Å². The van der Waals surface area contributed by atoms with E-state index in [9.17, 15) is 10.0 Å². The predicted octanol–water partition coefficient (Wildman–Crippen LogP) is 10.3. The van der Waals surface area contributed by atoms with E-state index >= 15 is 4.79 Å². The molecule has 0 unspecified atom stereocenters. The minimum atomic E-state index is -0.845. The monoisotopic (exact) mass is 928 g/mol. The Hall–Kier alpha value is -5.30. The topological polar surface area (TPSA) is 197 Å². The molecular formula is C57H81N7O4. The maximum Gasteiger partial charge on any atom is 0.272 e.